The smallest absolute Gasteiger partial charge is 0.237 e. The van der Waals surface area contributed by atoms with Crippen molar-refractivity contribution in [2.24, 2.45) is 0 Å². The van der Waals surface area contributed by atoms with Crippen molar-refractivity contribution in [1.82, 2.24) is 9.97 Å². The summed E-state index contributed by atoms with van der Waals surface area (Å²) in [7, 11) is 1.62. The van der Waals surface area contributed by atoms with E-state index in [1.165, 1.54) is 11.8 Å². The Morgan fingerprint density at radius 2 is 2.17 bits per heavy atom. The number of amides is 1. The molecule has 24 heavy (non-hydrogen) atoms. The first-order chi connectivity index (χ1) is 11.5. The standard InChI is InChI=1S/C17H16ClN3O2S/c1-10(16(22)19-12-5-3-4-11(18)8-12)24-17-20-14-7-6-13(23-2)9-15(14)21-17/h3-10H,1-2H3,(H,19,22)(H,20,21)/t10-/m1/s1. The van der Waals surface area contributed by atoms with E-state index in [4.69, 9.17) is 16.3 Å². The molecule has 2 N–H and O–H groups in total. The highest BCUT2D eigenvalue weighted by Crippen LogP contribution is 2.26. The number of anilines is 1. The van der Waals surface area contributed by atoms with Crippen molar-refractivity contribution < 1.29 is 9.53 Å². The van der Waals surface area contributed by atoms with Crippen LogP contribution in [0.2, 0.25) is 5.02 Å². The quantitative estimate of drug-likeness (QED) is 0.663. The van der Waals surface area contributed by atoms with E-state index >= 15 is 0 Å². The second-order valence-electron chi connectivity index (χ2n) is 5.18. The third-order valence-corrected chi connectivity index (χ3v) is 4.64. The average Bonchev–Trinajstić information content (AvgIpc) is 2.95. The first-order valence-electron chi connectivity index (χ1n) is 7.32. The highest BCUT2D eigenvalue weighted by Gasteiger charge is 2.17. The van der Waals surface area contributed by atoms with Crippen LogP contribution in [-0.2, 0) is 4.79 Å². The number of carbonyl (C=O) groups excluding carboxylic acids is 1. The van der Waals surface area contributed by atoms with E-state index in [1.807, 2.05) is 25.1 Å². The molecular formula is C17H16ClN3O2S. The van der Waals surface area contributed by atoms with E-state index in [0.29, 0.717) is 15.9 Å². The van der Waals surface area contributed by atoms with E-state index in [9.17, 15) is 4.79 Å². The van der Waals surface area contributed by atoms with Crippen LogP contribution in [-0.4, -0.2) is 28.2 Å². The number of nitrogens with zero attached hydrogens (tertiary/aromatic N) is 1. The molecule has 1 aromatic heterocycles. The Labute approximate surface area is 148 Å². The lowest BCUT2D eigenvalue weighted by Crippen LogP contribution is -2.22. The van der Waals surface area contributed by atoms with E-state index in [-0.39, 0.29) is 11.2 Å². The zero-order chi connectivity index (χ0) is 17.1. The number of aromatic nitrogens is 2. The first-order valence-corrected chi connectivity index (χ1v) is 8.58. The summed E-state index contributed by atoms with van der Waals surface area (Å²) in [6, 6.07) is 12.7. The van der Waals surface area contributed by atoms with Gasteiger partial charge in [-0.25, -0.2) is 4.98 Å². The Hall–Kier alpha value is -2.18. The maximum absolute atomic E-state index is 12.3. The number of benzene rings is 2. The predicted octanol–water partition coefficient (Wildman–Crippen LogP) is 4.34. The van der Waals surface area contributed by atoms with Crippen LogP contribution in [0.25, 0.3) is 11.0 Å². The average molecular weight is 362 g/mol. The highest BCUT2D eigenvalue weighted by molar-refractivity contribution is 8.00. The van der Waals surface area contributed by atoms with Crippen molar-refractivity contribution in [1.29, 1.82) is 0 Å². The molecule has 5 nitrogen and oxygen atoms in total. The third kappa shape index (κ3) is 3.83. The molecule has 1 atom stereocenters. The third-order valence-electron chi connectivity index (χ3n) is 3.42. The number of thioether (sulfide) groups is 1. The number of aromatic amines is 1. The normalized spacial score (nSPS) is 12.1. The van der Waals surface area contributed by atoms with Crippen LogP contribution in [0.5, 0.6) is 5.75 Å². The van der Waals surface area contributed by atoms with Crippen LogP contribution >= 0.6 is 23.4 Å². The Kier molecular flexibility index (Phi) is 4.97. The summed E-state index contributed by atoms with van der Waals surface area (Å²) in [5.41, 5.74) is 2.38. The van der Waals surface area contributed by atoms with Crippen LogP contribution in [0.15, 0.2) is 47.6 Å². The lowest BCUT2D eigenvalue weighted by Gasteiger charge is -2.10. The molecule has 0 fully saturated rings. The van der Waals surface area contributed by atoms with Gasteiger partial charge in [0.15, 0.2) is 5.16 Å². The molecule has 0 aliphatic carbocycles. The van der Waals surface area contributed by atoms with E-state index < -0.39 is 0 Å². The van der Waals surface area contributed by atoms with Gasteiger partial charge in [0.1, 0.15) is 5.75 Å². The van der Waals surface area contributed by atoms with Crippen LogP contribution in [0.4, 0.5) is 5.69 Å². The van der Waals surface area contributed by atoms with Crippen molar-refractivity contribution >= 4 is 46.0 Å². The number of ether oxygens (including phenoxy) is 1. The Bertz CT molecular complexity index is 881. The summed E-state index contributed by atoms with van der Waals surface area (Å²) in [5, 5.41) is 3.81. The molecule has 0 bridgehead atoms. The Morgan fingerprint density at radius 1 is 1.33 bits per heavy atom. The fourth-order valence-corrected chi connectivity index (χ4v) is 3.19. The van der Waals surface area contributed by atoms with Gasteiger partial charge in [0.05, 0.1) is 23.4 Å². The van der Waals surface area contributed by atoms with Crippen molar-refractivity contribution in [2.45, 2.75) is 17.3 Å². The zero-order valence-electron chi connectivity index (χ0n) is 13.2. The first kappa shape index (κ1) is 16.7. The molecule has 2 aromatic carbocycles. The summed E-state index contributed by atoms with van der Waals surface area (Å²) < 4.78 is 5.20. The minimum absolute atomic E-state index is 0.111. The second kappa shape index (κ2) is 7.15. The number of imidazole rings is 1. The van der Waals surface area contributed by atoms with Crippen molar-refractivity contribution in [3.63, 3.8) is 0 Å². The molecule has 1 amide bonds. The van der Waals surface area contributed by atoms with Gasteiger partial charge >= 0.3 is 0 Å². The minimum Gasteiger partial charge on any atom is -0.497 e. The summed E-state index contributed by atoms with van der Waals surface area (Å²) in [4.78, 5) is 20.0. The van der Waals surface area contributed by atoms with Gasteiger partial charge in [-0.05, 0) is 37.3 Å². The molecule has 0 spiro atoms. The SMILES string of the molecule is COc1ccc2nc(S[C@H](C)C(=O)Nc3cccc(Cl)c3)[nH]c2c1. The van der Waals surface area contributed by atoms with Crippen molar-refractivity contribution in [2.75, 3.05) is 12.4 Å². The summed E-state index contributed by atoms with van der Waals surface area (Å²) in [6.45, 7) is 1.83. The second-order valence-corrected chi connectivity index (χ2v) is 6.95. The number of halogens is 1. The predicted molar refractivity (Wildman–Crippen MR) is 98.0 cm³/mol. The van der Waals surface area contributed by atoms with Crippen LogP contribution < -0.4 is 10.1 Å². The minimum atomic E-state index is -0.313. The van der Waals surface area contributed by atoms with Crippen LogP contribution in [0, 0.1) is 0 Å². The number of H-pyrrole nitrogens is 1. The van der Waals surface area contributed by atoms with E-state index in [1.54, 1.807) is 31.4 Å². The molecular weight excluding hydrogens is 346 g/mol. The molecule has 0 aliphatic heterocycles. The number of rotatable bonds is 5. The van der Waals surface area contributed by atoms with Gasteiger partial charge in [-0.3, -0.25) is 4.79 Å². The molecule has 3 rings (SSSR count). The number of fused-ring (bicyclic) bond motifs is 1. The topological polar surface area (TPSA) is 67.0 Å². The fraction of sp³-hybridized carbons (Fsp3) is 0.176. The van der Waals surface area contributed by atoms with Crippen LogP contribution in [0.3, 0.4) is 0 Å². The molecule has 7 heteroatoms. The molecule has 0 unspecified atom stereocenters. The molecule has 0 radical (unpaired) electrons. The number of carbonyl (C=O) groups is 1. The van der Waals surface area contributed by atoms with Crippen LogP contribution in [0.1, 0.15) is 6.92 Å². The van der Waals surface area contributed by atoms with Crippen molar-refractivity contribution in [3.05, 3.63) is 47.5 Å². The molecule has 0 aliphatic rings. The molecule has 1 heterocycles. The van der Waals surface area contributed by atoms with E-state index in [0.717, 1.165) is 16.8 Å². The van der Waals surface area contributed by atoms with Gasteiger partial charge in [-0.2, -0.15) is 0 Å². The van der Waals surface area contributed by atoms with E-state index in [2.05, 4.69) is 15.3 Å². The largest absolute Gasteiger partial charge is 0.497 e. The monoisotopic (exact) mass is 361 g/mol. The van der Waals surface area contributed by atoms with Gasteiger partial charge in [0, 0.05) is 16.8 Å². The molecule has 0 saturated carbocycles. The summed E-state index contributed by atoms with van der Waals surface area (Å²) >= 11 is 7.29. The molecule has 3 aromatic rings. The van der Waals surface area contributed by atoms with Gasteiger partial charge in [-0.1, -0.05) is 29.4 Å². The number of nitrogens with one attached hydrogen (secondary N) is 2. The highest BCUT2D eigenvalue weighted by atomic mass is 35.5. The fourth-order valence-electron chi connectivity index (χ4n) is 2.18. The summed E-state index contributed by atoms with van der Waals surface area (Å²) in [6.07, 6.45) is 0. The van der Waals surface area contributed by atoms with Gasteiger partial charge in [-0.15, -0.1) is 0 Å². The number of hydrogen-bond acceptors (Lipinski definition) is 4. The summed E-state index contributed by atoms with van der Waals surface area (Å²) in [5.74, 6) is 0.648. The maximum atomic E-state index is 12.3. The molecule has 0 saturated heterocycles. The lowest BCUT2D eigenvalue weighted by atomic mass is 10.3. The molecule has 124 valence electrons. The van der Waals surface area contributed by atoms with Gasteiger partial charge < -0.3 is 15.0 Å². The number of methoxy groups -OCH3 is 1. The van der Waals surface area contributed by atoms with Crippen molar-refractivity contribution in [3.8, 4) is 5.75 Å². The zero-order valence-corrected chi connectivity index (χ0v) is 14.7. The number of hydrogen-bond donors (Lipinski definition) is 2. The maximum Gasteiger partial charge on any atom is 0.237 e. The van der Waals surface area contributed by atoms with Gasteiger partial charge in [0.25, 0.3) is 0 Å². The van der Waals surface area contributed by atoms with Gasteiger partial charge in [0.2, 0.25) is 5.91 Å². The Balaban J connectivity index is 1.69. The Morgan fingerprint density at radius 3 is 2.92 bits per heavy atom. The lowest BCUT2D eigenvalue weighted by molar-refractivity contribution is -0.115.